The SMILES string of the molecule is C[S+]([13CH3])CC[C@H](N)C(=O)O. The largest absolute Gasteiger partial charge is 0.480 e. The van der Waals surface area contributed by atoms with Gasteiger partial charge in [-0.3, -0.25) is 4.79 Å². The van der Waals surface area contributed by atoms with E-state index in [4.69, 9.17) is 10.8 Å². The number of rotatable bonds is 4. The van der Waals surface area contributed by atoms with Gasteiger partial charge in [-0.05, 0) is 10.9 Å². The van der Waals surface area contributed by atoms with Gasteiger partial charge in [-0.25, -0.2) is 0 Å². The van der Waals surface area contributed by atoms with Crippen molar-refractivity contribution in [2.24, 2.45) is 5.73 Å². The predicted octanol–water partition coefficient (Wildman–Crippen LogP) is -0.334. The second-order valence-corrected chi connectivity index (χ2v) is 4.80. The van der Waals surface area contributed by atoms with Crippen LogP contribution in [0.4, 0.5) is 0 Å². The molecule has 1 unspecified atom stereocenters. The van der Waals surface area contributed by atoms with Crippen LogP contribution in [0.3, 0.4) is 0 Å². The van der Waals surface area contributed by atoms with Crippen molar-refractivity contribution in [2.75, 3.05) is 18.3 Å². The zero-order chi connectivity index (χ0) is 8.15. The maximum absolute atomic E-state index is 10.2. The van der Waals surface area contributed by atoms with Crippen molar-refractivity contribution in [1.29, 1.82) is 0 Å². The fourth-order valence-electron chi connectivity index (χ4n) is 0.486. The molecule has 0 spiro atoms. The molecule has 0 saturated carbocycles. The highest BCUT2D eigenvalue weighted by Crippen LogP contribution is 1.93. The van der Waals surface area contributed by atoms with E-state index < -0.39 is 12.0 Å². The lowest BCUT2D eigenvalue weighted by Crippen LogP contribution is -2.31. The lowest BCUT2D eigenvalue weighted by molar-refractivity contribution is -0.138. The number of carboxylic acids is 1. The summed E-state index contributed by atoms with van der Waals surface area (Å²) >= 11 is 0. The fraction of sp³-hybridized carbons (Fsp3) is 0.833. The average molecular weight is 165 g/mol. The first-order chi connectivity index (χ1) is 4.54. The van der Waals surface area contributed by atoms with Gasteiger partial charge in [0.15, 0.2) is 0 Å². The average Bonchev–Trinajstić information content (AvgIpc) is 1.82. The molecule has 0 saturated heterocycles. The maximum atomic E-state index is 10.2. The molecule has 0 aromatic heterocycles. The van der Waals surface area contributed by atoms with Gasteiger partial charge in [-0.1, -0.05) is 0 Å². The highest BCUT2D eigenvalue weighted by atomic mass is 32.2. The summed E-state index contributed by atoms with van der Waals surface area (Å²) in [5.74, 6) is 0.0125. The van der Waals surface area contributed by atoms with E-state index in [1.165, 1.54) is 0 Å². The van der Waals surface area contributed by atoms with Crippen LogP contribution in [0.2, 0.25) is 0 Å². The topological polar surface area (TPSA) is 63.3 Å². The van der Waals surface area contributed by atoms with Crippen molar-refractivity contribution in [3.8, 4) is 0 Å². The van der Waals surface area contributed by atoms with E-state index >= 15 is 0 Å². The summed E-state index contributed by atoms with van der Waals surface area (Å²) in [6.45, 7) is 0. The van der Waals surface area contributed by atoms with Gasteiger partial charge in [0.25, 0.3) is 0 Å². The summed E-state index contributed by atoms with van der Waals surface area (Å²) in [5, 5.41) is 8.37. The van der Waals surface area contributed by atoms with Crippen LogP contribution >= 0.6 is 0 Å². The molecule has 3 N–H and O–H groups in total. The smallest absolute Gasteiger partial charge is 0.320 e. The Kier molecular flexibility index (Phi) is 4.47. The molecule has 60 valence electrons. The Bertz CT molecular complexity index is 116. The van der Waals surface area contributed by atoms with Crippen molar-refractivity contribution in [2.45, 2.75) is 12.5 Å². The Morgan fingerprint density at radius 2 is 2.20 bits per heavy atom. The summed E-state index contributed by atoms with van der Waals surface area (Å²) in [5.41, 5.74) is 5.27. The Morgan fingerprint density at radius 3 is 2.50 bits per heavy atom. The van der Waals surface area contributed by atoms with Crippen molar-refractivity contribution >= 4 is 16.9 Å². The number of carboxylic acid groups (broad SMARTS) is 1. The molecule has 0 aromatic carbocycles. The first-order valence-electron chi connectivity index (χ1n) is 3.06. The highest BCUT2D eigenvalue weighted by molar-refractivity contribution is 7.95. The Balaban J connectivity index is 3.40. The minimum absolute atomic E-state index is 0.304. The van der Waals surface area contributed by atoms with Gasteiger partial charge >= 0.3 is 5.97 Å². The molecule has 3 nitrogen and oxygen atoms in total. The van der Waals surface area contributed by atoms with E-state index in [9.17, 15) is 4.79 Å². The summed E-state index contributed by atoms with van der Waals surface area (Å²) < 4.78 is 0. The van der Waals surface area contributed by atoms with Crippen LogP contribution in [-0.2, 0) is 15.7 Å². The van der Waals surface area contributed by atoms with Crippen LogP contribution in [0.5, 0.6) is 0 Å². The third-order valence-electron chi connectivity index (χ3n) is 1.15. The van der Waals surface area contributed by atoms with Crippen LogP contribution in [-0.4, -0.2) is 35.4 Å². The molecule has 0 rings (SSSR count). The number of carbonyl (C=O) groups is 1. The molecule has 0 aliphatic rings. The van der Waals surface area contributed by atoms with Crippen LogP contribution < -0.4 is 5.73 Å². The number of nitrogens with two attached hydrogens (primary N) is 1. The van der Waals surface area contributed by atoms with Crippen LogP contribution in [0.15, 0.2) is 0 Å². The van der Waals surface area contributed by atoms with Gasteiger partial charge < -0.3 is 10.8 Å². The third-order valence-corrected chi connectivity index (χ3v) is 2.21. The van der Waals surface area contributed by atoms with Crippen molar-refractivity contribution in [3.63, 3.8) is 0 Å². The molecule has 10 heavy (non-hydrogen) atoms. The molecule has 0 aromatic rings. The summed E-state index contributed by atoms with van der Waals surface area (Å²) in [4.78, 5) is 10.2. The summed E-state index contributed by atoms with van der Waals surface area (Å²) in [6.07, 6.45) is 4.74. The lowest BCUT2D eigenvalue weighted by atomic mass is 10.2. The van der Waals surface area contributed by atoms with E-state index in [1.54, 1.807) is 0 Å². The van der Waals surface area contributed by atoms with E-state index in [0.717, 1.165) is 5.75 Å². The zero-order valence-corrected chi connectivity index (χ0v) is 7.15. The number of hydrogen-bond acceptors (Lipinski definition) is 2. The van der Waals surface area contributed by atoms with E-state index in [0.29, 0.717) is 17.3 Å². The lowest BCUT2D eigenvalue weighted by Gasteiger charge is -2.02. The van der Waals surface area contributed by atoms with Crippen molar-refractivity contribution in [1.82, 2.24) is 0 Å². The second-order valence-electron chi connectivity index (χ2n) is 2.42. The van der Waals surface area contributed by atoms with Crippen molar-refractivity contribution < 1.29 is 9.90 Å². The van der Waals surface area contributed by atoms with Gasteiger partial charge in [-0.15, -0.1) is 0 Å². The second kappa shape index (κ2) is 4.57. The predicted molar refractivity (Wildman–Crippen MR) is 44.3 cm³/mol. The maximum Gasteiger partial charge on any atom is 0.320 e. The first-order valence-corrected chi connectivity index (χ1v) is 5.27. The highest BCUT2D eigenvalue weighted by Gasteiger charge is 2.14. The molecule has 0 bridgehead atoms. The standard InChI is InChI=1S/C6H13NO2S/c1-10(2)4-3-5(7)6(8)9/h5H,3-4,7H2,1-2H3/p+1/t5-/m0/s1/i1+1/t5-,10?. The van der Waals surface area contributed by atoms with Gasteiger partial charge in [0.2, 0.25) is 0 Å². The molecule has 0 aliphatic heterocycles. The molecule has 0 amide bonds. The van der Waals surface area contributed by atoms with Gasteiger partial charge in [-0.2, -0.15) is 0 Å². The van der Waals surface area contributed by atoms with Crippen LogP contribution in [0, 0.1) is 0 Å². The molecule has 0 heterocycles. The summed E-state index contributed by atoms with van der Waals surface area (Å²) in [7, 11) is 0.304. The zero-order valence-electron chi connectivity index (χ0n) is 6.33. The molecule has 4 heteroatoms. The number of hydrogen-bond donors (Lipinski definition) is 2. The molecule has 2 atom stereocenters. The van der Waals surface area contributed by atoms with Crippen LogP contribution in [0.1, 0.15) is 6.42 Å². The normalized spacial score (nSPS) is 16.3. The number of aliphatic carboxylic acids is 1. The van der Waals surface area contributed by atoms with E-state index in [2.05, 4.69) is 12.5 Å². The first kappa shape index (κ1) is 9.78. The molecule has 0 aliphatic carbocycles. The molecule has 0 radical (unpaired) electrons. The Labute approximate surface area is 64.0 Å². The van der Waals surface area contributed by atoms with Gasteiger partial charge in [0.05, 0.1) is 12.5 Å². The van der Waals surface area contributed by atoms with E-state index in [-0.39, 0.29) is 0 Å². The molecular weight excluding hydrogens is 151 g/mol. The fourth-order valence-corrected chi connectivity index (χ4v) is 1.21. The molecule has 0 fully saturated rings. The quantitative estimate of drug-likeness (QED) is 0.443. The van der Waals surface area contributed by atoms with E-state index in [1.807, 2.05) is 0 Å². The molecular formula is C6H14NO2S+. The van der Waals surface area contributed by atoms with Gasteiger partial charge in [0.1, 0.15) is 11.8 Å². The Hall–Kier alpha value is -0.220. The minimum atomic E-state index is -0.898. The summed E-state index contributed by atoms with van der Waals surface area (Å²) in [6, 6.07) is -0.671. The third kappa shape index (κ3) is 4.64. The monoisotopic (exact) mass is 165 g/mol. The van der Waals surface area contributed by atoms with Gasteiger partial charge in [0, 0.05) is 6.42 Å². The Morgan fingerprint density at radius 1 is 1.70 bits per heavy atom. The van der Waals surface area contributed by atoms with Crippen molar-refractivity contribution in [3.05, 3.63) is 0 Å². The minimum Gasteiger partial charge on any atom is -0.480 e. The van der Waals surface area contributed by atoms with Crippen LogP contribution in [0.25, 0.3) is 0 Å².